The number of likely N-dealkylation sites (tertiary alicyclic amines) is 1. The molecule has 1 aliphatic rings. The van der Waals surface area contributed by atoms with E-state index in [-0.39, 0.29) is 23.2 Å². The Morgan fingerprint density at radius 1 is 1.23 bits per heavy atom. The predicted octanol–water partition coefficient (Wildman–Crippen LogP) is 2.84. The molecular weight excluding hydrogens is 443 g/mol. The Balaban J connectivity index is 1.40. The zero-order chi connectivity index (χ0) is 21.8. The fourth-order valence-corrected chi connectivity index (χ4v) is 4.70. The van der Waals surface area contributed by atoms with Gasteiger partial charge in [-0.25, -0.2) is 9.07 Å². The van der Waals surface area contributed by atoms with Crippen molar-refractivity contribution in [2.45, 2.75) is 17.2 Å². The molecule has 3 aromatic rings. The molecule has 2 aromatic heterocycles. The SMILES string of the molecule is COc1cn(-c2ccc(F)cc2)nc1C(=O)Nc1nnc(SCC(=O)N2CCCC2)s1. The maximum absolute atomic E-state index is 13.2. The number of halogens is 1. The summed E-state index contributed by atoms with van der Waals surface area (Å²) in [6.45, 7) is 1.62. The summed E-state index contributed by atoms with van der Waals surface area (Å²) in [5.41, 5.74) is 0.636. The van der Waals surface area contributed by atoms with E-state index >= 15 is 0 Å². The molecule has 0 spiro atoms. The van der Waals surface area contributed by atoms with Crippen LogP contribution < -0.4 is 10.1 Å². The largest absolute Gasteiger partial charge is 0.493 e. The average molecular weight is 463 g/mol. The highest BCUT2D eigenvalue weighted by Crippen LogP contribution is 2.27. The fraction of sp³-hybridized carbons (Fsp3) is 0.316. The van der Waals surface area contributed by atoms with E-state index < -0.39 is 5.91 Å². The molecule has 3 heterocycles. The number of anilines is 1. The fourth-order valence-electron chi connectivity index (χ4n) is 3.05. The molecule has 162 valence electrons. The van der Waals surface area contributed by atoms with Crippen LogP contribution in [0, 0.1) is 5.82 Å². The average Bonchev–Trinajstić information content (AvgIpc) is 3.53. The van der Waals surface area contributed by atoms with E-state index in [9.17, 15) is 14.0 Å². The zero-order valence-electron chi connectivity index (χ0n) is 16.6. The van der Waals surface area contributed by atoms with E-state index in [0.717, 1.165) is 25.9 Å². The molecule has 1 aromatic carbocycles. The maximum Gasteiger partial charge on any atom is 0.281 e. The van der Waals surface area contributed by atoms with Gasteiger partial charge in [0.05, 0.1) is 24.7 Å². The van der Waals surface area contributed by atoms with Crippen LogP contribution in [0.15, 0.2) is 34.8 Å². The number of benzene rings is 1. The standard InChI is InChI=1S/C19H19FN6O3S2/c1-29-14-10-26(13-6-4-12(20)5-7-13)24-16(14)17(28)21-18-22-23-19(31-18)30-11-15(27)25-8-2-3-9-25/h4-7,10H,2-3,8-9,11H2,1H3,(H,21,22,28). The topological polar surface area (TPSA) is 102 Å². The van der Waals surface area contributed by atoms with Crippen LogP contribution in [0.2, 0.25) is 0 Å². The molecule has 4 rings (SSSR count). The van der Waals surface area contributed by atoms with Crippen molar-refractivity contribution in [3.63, 3.8) is 0 Å². The maximum atomic E-state index is 13.2. The Morgan fingerprint density at radius 3 is 2.68 bits per heavy atom. The second-order valence-corrected chi connectivity index (χ2v) is 8.87. The van der Waals surface area contributed by atoms with Gasteiger partial charge in [0.25, 0.3) is 5.91 Å². The molecule has 0 unspecified atom stereocenters. The molecule has 31 heavy (non-hydrogen) atoms. The van der Waals surface area contributed by atoms with Gasteiger partial charge in [-0.15, -0.1) is 10.2 Å². The molecule has 1 saturated heterocycles. The van der Waals surface area contributed by atoms with Crippen molar-refractivity contribution in [1.29, 1.82) is 0 Å². The minimum absolute atomic E-state index is 0.0560. The van der Waals surface area contributed by atoms with Crippen molar-refractivity contribution in [2.75, 3.05) is 31.3 Å². The van der Waals surface area contributed by atoms with Crippen LogP contribution in [0.25, 0.3) is 5.69 Å². The number of methoxy groups -OCH3 is 1. The first kappa shape index (κ1) is 21.2. The quantitative estimate of drug-likeness (QED) is 0.425. The molecule has 0 atom stereocenters. The van der Waals surface area contributed by atoms with E-state index in [0.29, 0.717) is 20.9 Å². The Bertz CT molecular complexity index is 1080. The minimum atomic E-state index is -0.515. The monoisotopic (exact) mass is 462 g/mol. The lowest BCUT2D eigenvalue weighted by atomic mass is 10.3. The lowest BCUT2D eigenvalue weighted by molar-refractivity contribution is -0.127. The summed E-state index contributed by atoms with van der Waals surface area (Å²) >= 11 is 2.48. The third kappa shape index (κ3) is 5.02. The normalized spacial score (nSPS) is 13.4. The van der Waals surface area contributed by atoms with Crippen molar-refractivity contribution in [3.8, 4) is 11.4 Å². The van der Waals surface area contributed by atoms with E-state index in [1.165, 1.54) is 53.2 Å². The number of rotatable bonds is 7. The highest BCUT2D eigenvalue weighted by Gasteiger charge is 2.21. The number of amides is 2. The number of aromatic nitrogens is 4. The van der Waals surface area contributed by atoms with Crippen LogP contribution in [-0.2, 0) is 4.79 Å². The van der Waals surface area contributed by atoms with Crippen molar-refractivity contribution in [1.82, 2.24) is 24.9 Å². The predicted molar refractivity (Wildman–Crippen MR) is 114 cm³/mol. The van der Waals surface area contributed by atoms with E-state index in [4.69, 9.17) is 4.74 Å². The summed E-state index contributed by atoms with van der Waals surface area (Å²) in [6, 6.07) is 5.69. The van der Waals surface area contributed by atoms with Crippen LogP contribution >= 0.6 is 23.1 Å². The Hall–Kier alpha value is -2.99. The van der Waals surface area contributed by atoms with Gasteiger partial charge < -0.3 is 9.64 Å². The van der Waals surface area contributed by atoms with Crippen molar-refractivity contribution >= 4 is 40.0 Å². The molecule has 1 N–H and O–H groups in total. The van der Waals surface area contributed by atoms with Crippen LogP contribution in [0.4, 0.5) is 9.52 Å². The van der Waals surface area contributed by atoms with Crippen molar-refractivity contribution in [2.24, 2.45) is 0 Å². The van der Waals surface area contributed by atoms with Crippen molar-refractivity contribution in [3.05, 3.63) is 42.0 Å². The number of carbonyl (C=O) groups excluding carboxylic acids is 2. The highest BCUT2D eigenvalue weighted by molar-refractivity contribution is 8.01. The molecule has 0 saturated carbocycles. The lowest BCUT2D eigenvalue weighted by Crippen LogP contribution is -2.29. The summed E-state index contributed by atoms with van der Waals surface area (Å²) in [5.74, 6) is -0.249. The molecule has 1 fully saturated rings. The first-order valence-electron chi connectivity index (χ1n) is 9.48. The second-order valence-electron chi connectivity index (χ2n) is 6.67. The third-order valence-corrected chi connectivity index (χ3v) is 6.57. The van der Waals surface area contributed by atoms with Crippen LogP contribution in [0.3, 0.4) is 0 Å². The number of nitrogens with zero attached hydrogens (tertiary/aromatic N) is 5. The van der Waals surface area contributed by atoms with E-state index in [2.05, 4.69) is 20.6 Å². The van der Waals surface area contributed by atoms with Crippen LogP contribution in [0.1, 0.15) is 23.3 Å². The van der Waals surface area contributed by atoms with Gasteiger partial charge in [0.15, 0.2) is 15.8 Å². The van der Waals surface area contributed by atoms with Gasteiger partial charge in [0.1, 0.15) is 5.82 Å². The Labute approximate surface area is 185 Å². The second kappa shape index (κ2) is 9.43. The van der Waals surface area contributed by atoms with Gasteiger partial charge in [0.2, 0.25) is 11.0 Å². The van der Waals surface area contributed by atoms with Crippen LogP contribution in [0.5, 0.6) is 5.75 Å². The molecule has 1 aliphatic heterocycles. The number of hydrogen-bond acceptors (Lipinski definition) is 8. The molecule has 0 bridgehead atoms. The molecule has 0 radical (unpaired) electrons. The summed E-state index contributed by atoms with van der Waals surface area (Å²) < 4.78 is 20.4. The van der Waals surface area contributed by atoms with Gasteiger partial charge in [-0.05, 0) is 37.1 Å². The molecule has 2 amide bonds. The first-order valence-corrected chi connectivity index (χ1v) is 11.3. The van der Waals surface area contributed by atoms with Gasteiger partial charge in [0, 0.05) is 13.1 Å². The zero-order valence-corrected chi connectivity index (χ0v) is 18.2. The first-order chi connectivity index (χ1) is 15.0. The number of ether oxygens (including phenoxy) is 1. The summed E-state index contributed by atoms with van der Waals surface area (Å²) in [6.07, 6.45) is 3.63. The Kier molecular flexibility index (Phi) is 6.47. The van der Waals surface area contributed by atoms with Gasteiger partial charge in [-0.1, -0.05) is 23.1 Å². The molecule has 12 heteroatoms. The molecular formula is C19H19FN6O3S2. The number of hydrogen-bond donors (Lipinski definition) is 1. The number of carbonyl (C=O) groups is 2. The van der Waals surface area contributed by atoms with E-state index in [1.807, 2.05) is 4.90 Å². The van der Waals surface area contributed by atoms with Gasteiger partial charge in [-0.2, -0.15) is 5.10 Å². The lowest BCUT2D eigenvalue weighted by Gasteiger charge is -2.13. The molecule has 0 aliphatic carbocycles. The Morgan fingerprint density at radius 2 is 1.97 bits per heavy atom. The summed E-state index contributed by atoms with van der Waals surface area (Å²) in [4.78, 5) is 26.7. The molecule has 9 nitrogen and oxygen atoms in total. The van der Waals surface area contributed by atoms with E-state index in [1.54, 1.807) is 12.1 Å². The van der Waals surface area contributed by atoms with Crippen LogP contribution in [-0.4, -0.2) is 62.6 Å². The third-order valence-electron chi connectivity index (χ3n) is 4.61. The minimum Gasteiger partial charge on any atom is -0.493 e. The number of nitrogens with one attached hydrogen (secondary N) is 1. The van der Waals surface area contributed by atoms with Gasteiger partial charge >= 0.3 is 0 Å². The highest BCUT2D eigenvalue weighted by atomic mass is 32.2. The summed E-state index contributed by atoms with van der Waals surface area (Å²) in [7, 11) is 1.43. The van der Waals surface area contributed by atoms with Gasteiger partial charge in [-0.3, -0.25) is 14.9 Å². The number of thioether (sulfide) groups is 1. The smallest absolute Gasteiger partial charge is 0.281 e. The summed E-state index contributed by atoms with van der Waals surface area (Å²) in [5, 5.41) is 15.2. The van der Waals surface area contributed by atoms with Crippen molar-refractivity contribution < 1.29 is 18.7 Å².